The third-order valence-electron chi connectivity index (χ3n) is 5.26. The number of aromatic nitrogens is 3. The van der Waals surface area contributed by atoms with Crippen LogP contribution in [-0.4, -0.2) is 20.5 Å². The van der Waals surface area contributed by atoms with Crippen molar-refractivity contribution < 1.29 is 4.79 Å². The molecule has 1 atom stereocenters. The summed E-state index contributed by atoms with van der Waals surface area (Å²) in [5, 5.41) is 8.18. The molecule has 3 aromatic rings. The number of fused-ring (bicyclic) bond motifs is 1. The van der Waals surface area contributed by atoms with E-state index in [1.807, 2.05) is 35.0 Å². The van der Waals surface area contributed by atoms with Gasteiger partial charge in [0.1, 0.15) is 6.04 Å². The lowest BCUT2D eigenvalue weighted by atomic mass is 9.85. The number of aryl methyl sites for hydroxylation is 1. The van der Waals surface area contributed by atoms with Crippen molar-refractivity contribution in [1.29, 1.82) is 0 Å². The number of carbonyl (C=O) groups is 1. The second-order valence-electron chi connectivity index (χ2n) is 7.18. The van der Waals surface area contributed by atoms with Crippen LogP contribution in [0.2, 0.25) is 0 Å². The van der Waals surface area contributed by atoms with E-state index in [0.717, 1.165) is 35.2 Å². The number of anilines is 1. The minimum absolute atomic E-state index is 0.204. The van der Waals surface area contributed by atoms with Crippen LogP contribution in [0.15, 0.2) is 65.9 Å². The van der Waals surface area contributed by atoms with Crippen molar-refractivity contribution in [2.75, 3.05) is 5.32 Å². The number of rotatable bonds is 2. The van der Waals surface area contributed by atoms with Crippen molar-refractivity contribution in [1.82, 2.24) is 14.8 Å². The van der Waals surface area contributed by atoms with Crippen LogP contribution in [0, 0.1) is 6.92 Å². The van der Waals surface area contributed by atoms with Crippen molar-refractivity contribution in [2.24, 2.45) is 0 Å². The lowest BCUT2D eigenvalue weighted by Gasteiger charge is -2.32. The minimum Gasteiger partial charge on any atom is -0.328 e. The van der Waals surface area contributed by atoms with Gasteiger partial charge in [-0.05, 0) is 31.4 Å². The van der Waals surface area contributed by atoms with Crippen molar-refractivity contribution in [3.05, 3.63) is 77.0 Å². The van der Waals surface area contributed by atoms with Crippen LogP contribution in [0.4, 0.5) is 5.95 Å². The van der Waals surface area contributed by atoms with Crippen molar-refractivity contribution in [3.8, 4) is 11.4 Å². The van der Waals surface area contributed by atoms with E-state index in [9.17, 15) is 4.79 Å². The fourth-order valence-electron chi connectivity index (χ4n) is 4.01. The lowest BCUT2D eigenvalue weighted by Crippen LogP contribution is -2.31. The van der Waals surface area contributed by atoms with Gasteiger partial charge in [-0.2, -0.15) is 4.98 Å². The van der Waals surface area contributed by atoms with E-state index in [-0.39, 0.29) is 11.8 Å². The van der Waals surface area contributed by atoms with Gasteiger partial charge in [0.05, 0.1) is 0 Å². The smallest absolute Gasteiger partial charge is 0.226 e. The highest BCUT2D eigenvalue weighted by Crippen LogP contribution is 2.40. The van der Waals surface area contributed by atoms with Crippen LogP contribution in [0.25, 0.3) is 11.4 Å². The summed E-state index contributed by atoms with van der Waals surface area (Å²) in [6.45, 7) is 2.06. The van der Waals surface area contributed by atoms with Gasteiger partial charge in [-0.3, -0.25) is 4.79 Å². The fourth-order valence-corrected chi connectivity index (χ4v) is 4.01. The Bertz CT molecular complexity index is 1060. The summed E-state index contributed by atoms with van der Waals surface area (Å²) >= 11 is 0. The molecule has 2 heterocycles. The molecule has 0 unspecified atom stereocenters. The Labute approximate surface area is 157 Å². The number of hydrogen-bond donors (Lipinski definition) is 1. The second-order valence-corrected chi connectivity index (χ2v) is 7.18. The molecule has 2 aromatic carbocycles. The molecule has 0 saturated heterocycles. The summed E-state index contributed by atoms with van der Waals surface area (Å²) in [6, 6.07) is 18.1. The Morgan fingerprint density at radius 2 is 1.93 bits per heavy atom. The molecule has 27 heavy (non-hydrogen) atoms. The van der Waals surface area contributed by atoms with E-state index >= 15 is 0 Å². The normalized spacial score (nSPS) is 18.7. The van der Waals surface area contributed by atoms with Crippen LogP contribution < -0.4 is 5.32 Å². The number of hydrogen-bond acceptors (Lipinski definition) is 4. The maximum Gasteiger partial charge on any atom is 0.226 e. The first-order chi connectivity index (χ1) is 13.2. The Hall–Kier alpha value is -3.21. The molecule has 0 amide bonds. The van der Waals surface area contributed by atoms with E-state index in [4.69, 9.17) is 10.1 Å². The maximum absolute atomic E-state index is 12.8. The van der Waals surface area contributed by atoms with Crippen molar-refractivity contribution in [3.63, 3.8) is 0 Å². The van der Waals surface area contributed by atoms with Gasteiger partial charge < -0.3 is 5.32 Å². The number of Topliss-reactive ketones (excluding diaryl/α,β-unsaturated/α-hetero) is 1. The van der Waals surface area contributed by atoms with E-state index in [2.05, 4.69) is 36.5 Å². The topological polar surface area (TPSA) is 59.8 Å². The zero-order chi connectivity index (χ0) is 18.4. The minimum atomic E-state index is -0.226. The van der Waals surface area contributed by atoms with Gasteiger partial charge in [-0.15, -0.1) is 5.10 Å². The molecular weight excluding hydrogens is 336 g/mol. The number of ketones is 1. The summed E-state index contributed by atoms with van der Waals surface area (Å²) in [5.41, 5.74) is 5.04. The SMILES string of the molecule is Cc1cccc(-c2nc3n(n2)[C@H](c2ccccc2)C2=C(CCCC2=O)N3)c1. The molecule has 5 rings (SSSR count). The highest BCUT2D eigenvalue weighted by atomic mass is 16.1. The molecule has 0 fully saturated rings. The number of nitrogens with one attached hydrogen (secondary N) is 1. The third-order valence-corrected chi connectivity index (χ3v) is 5.26. The number of nitrogens with zero attached hydrogens (tertiary/aromatic N) is 3. The summed E-state index contributed by atoms with van der Waals surface area (Å²) in [4.78, 5) is 17.5. The van der Waals surface area contributed by atoms with Crippen LogP contribution >= 0.6 is 0 Å². The first-order valence-corrected chi connectivity index (χ1v) is 9.32. The quantitative estimate of drug-likeness (QED) is 0.745. The fraction of sp³-hybridized carbons (Fsp3) is 0.227. The van der Waals surface area contributed by atoms with Crippen molar-refractivity contribution >= 4 is 11.7 Å². The van der Waals surface area contributed by atoms with Crippen molar-refractivity contribution in [2.45, 2.75) is 32.2 Å². The van der Waals surface area contributed by atoms with Gasteiger partial charge in [0.2, 0.25) is 5.95 Å². The molecule has 1 N–H and O–H groups in total. The molecule has 5 nitrogen and oxygen atoms in total. The number of allylic oxidation sites excluding steroid dienone is 2. The van der Waals surface area contributed by atoms with Gasteiger partial charge in [-0.25, -0.2) is 4.68 Å². The molecule has 2 aliphatic rings. The first-order valence-electron chi connectivity index (χ1n) is 9.32. The van der Waals surface area contributed by atoms with E-state index < -0.39 is 0 Å². The standard InChI is InChI=1S/C22H20N4O/c1-14-7-5-10-16(13-14)21-24-22-23-17-11-6-12-18(27)19(17)20(26(22)25-21)15-8-3-2-4-9-15/h2-5,7-10,13,20H,6,11-12H2,1H3,(H,23,24,25)/t20-/m1/s1. The molecular formula is C22H20N4O. The van der Waals surface area contributed by atoms with Crippen LogP contribution in [0.5, 0.6) is 0 Å². The first kappa shape index (κ1) is 16.0. The highest BCUT2D eigenvalue weighted by molar-refractivity contribution is 5.99. The molecule has 134 valence electrons. The Balaban J connectivity index is 1.68. The third kappa shape index (κ3) is 2.67. The zero-order valence-corrected chi connectivity index (χ0v) is 15.1. The van der Waals surface area contributed by atoms with Gasteiger partial charge in [0, 0.05) is 23.3 Å². The Morgan fingerprint density at radius 3 is 2.74 bits per heavy atom. The van der Waals surface area contributed by atoms with Gasteiger partial charge >= 0.3 is 0 Å². The molecule has 5 heteroatoms. The van der Waals surface area contributed by atoms with E-state index in [1.165, 1.54) is 5.56 Å². The Kier molecular flexibility index (Phi) is 3.67. The van der Waals surface area contributed by atoms with Gasteiger partial charge in [0.15, 0.2) is 11.6 Å². The molecule has 0 bridgehead atoms. The summed E-state index contributed by atoms with van der Waals surface area (Å²) in [7, 11) is 0. The van der Waals surface area contributed by atoms with Crippen LogP contribution in [0.3, 0.4) is 0 Å². The lowest BCUT2D eigenvalue weighted by molar-refractivity contribution is -0.116. The monoisotopic (exact) mass is 356 g/mol. The predicted octanol–water partition coefficient (Wildman–Crippen LogP) is 4.28. The maximum atomic E-state index is 12.8. The largest absolute Gasteiger partial charge is 0.328 e. The molecule has 0 radical (unpaired) electrons. The van der Waals surface area contributed by atoms with Gasteiger partial charge in [0.25, 0.3) is 0 Å². The highest BCUT2D eigenvalue weighted by Gasteiger charge is 2.36. The zero-order valence-electron chi connectivity index (χ0n) is 15.1. The van der Waals surface area contributed by atoms with Crippen LogP contribution in [-0.2, 0) is 4.79 Å². The van der Waals surface area contributed by atoms with E-state index in [1.54, 1.807) is 0 Å². The molecule has 0 spiro atoms. The average Bonchev–Trinajstić information content (AvgIpc) is 3.11. The number of carbonyl (C=O) groups excluding carboxylic acids is 1. The number of benzene rings is 2. The van der Waals surface area contributed by atoms with Crippen LogP contribution in [0.1, 0.15) is 36.4 Å². The van der Waals surface area contributed by atoms with Gasteiger partial charge in [-0.1, -0.05) is 54.1 Å². The Morgan fingerprint density at radius 1 is 1.07 bits per heavy atom. The summed E-state index contributed by atoms with van der Waals surface area (Å²) in [5.74, 6) is 1.58. The molecule has 0 saturated carbocycles. The molecule has 1 aliphatic carbocycles. The average molecular weight is 356 g/mol. The summed E-state index contributed by atoms with van der Waals surface area (Å²) < 4.78 is 1.87. The second kappa shape index (κ2) is 6.20. The molecule has 1 aromatic heterocycles. The summed E-state index contributed by atoms with van der Waals surface area (Å²) in [6.07, 6.45) is 2.35. The molecule has 1 aliphatic heterocycles. The predicted molar refractivity (Wildman–Crippen MR) is 104 cm³/mol. The van der Waals surface area contributed by atoms with E-state index in [0.29, 0.717) is 18.2 Å².